The number of hydrogen-bond acceptors (Lipinski definition) is 16. The molecule has 80 heavy (non-hydrogen) atoms. The fourth-order valence-electron chi connectivity index (χ4n) is 9.65. The predicted molar refractivity (Wildman–Crippen MR) is 313 cm³/mol. The maximum atomic E-state index is 14.1. The number of furan rings is 2. The molecule has 22 nitrogen and oxygen atoms in total. The van der Waals surface area contributed by atoms with Crippen molar-refractivity contribution in [3.8, 4) is 57.5 Å². The summed E-state index contributed by atoms with van der Waals surface area (Å²) in [6, 6.07) is 18.9. The van der Waals surface area contributed by atoms with Crippen molar-refractivity contribution >= 4 is 59.9 Å². The zero-order valence-electron chi connectivity index (χ0n) is 48.2. The summed E-state index contributed by atoms with van der Waals surface area (Å²) in [6.45, 7) is 17.7. The number of anilines is 2. The summed E-state index contributed by atoms with van der Waals surface area (Å²) in [6.07, 6.45) is 7.29. The lowest BCUT2D eigenvalue weighted by atomic mass is 10.0. The first-order valence-electron chi connectivity index (χ1n) is 26.9. The molecular weight excluding hydrogens is 1100 g/mol. The lowest BCUT2D eigenvalue weighted by Crippen LogP contribution is -2.47. The third-order valence-corrected chi connectivity index (χ3v) is 21.1. The lowest BCUT2D eigenvalue weighted by molar-refractivity contribution is -0.136. The zero-order valence-corrected chi connectivity index (χ0v) is 51.8. The first-order chi connectivity index (χ1) is 37.9. The highest BCUT2D eigenvalue weighted by molar-refractivity contribution is 7.93. The fourth-order valence-corrected chi connectivity index (χ4v) is 14.5. The normalized spacial score (nSPS) is 16.3. The Morgan fingerprint density at radius 3 is 1.19 bits per heavy atom. The molecule has 2 atom stereocenters. The van der Waals surface area contributed by atoms with Gasteiger partial charge in [0.15, 0.2) is 11.5 Å². The molecule has 0 N–H and O–H groups in total. The summed E-state index contributed by atoms with van der Waals surface area (Å²) >= 11 is 0. The molecule has 2 fully saturated rings. The van der Waals surface area contributed by atoms with Gasteiger partial charge in [-0.25, -0.2) is 25.4 Å². The molecule has 2 saturated heterocycles. The van der Waals surface area contributed by atoms with Gasteiger partial charge in [0.05, 0.1) is 52.5 Å². The van der Waals surface area contributed by atoms with Crippen molar-refractivity contribution < 1.29 is 54.2 Å². The summed E-state index contributed by atoms with van der Waals surface area (Å²) in [5.74, 6) is 2.92. The van der Waals surface area contributed by atoms with Crippen LogP contribution in [0.1, 0.15) is 52.4 Å². The van der Waals surface area contributed by atoms with Crippen LogP contribution in [0.4, 0.5) is 11.9 Å². The second-order valence-corrected chi connectivity index (χ2v) is 37.6. The van der Waals surface area contributed by atoms with Gasteiger partial charge in [-0.1, -0.05) is 51.4 Å². The SMILES string of the molecule is COc1cccc(OC)c1-n1c(-c2ccco2)nnc1N(CC[Si](C)(C)C)S(=O)(=O)CCN1C(=O)CCC[C@@H]1C.COc1cccc(OC)c1-n1c(-c2ccco2)nnc1N(CC[Si](C)(C)C)S(=O)(=O)CCN1C(=O)CCC[C@H]1C. The van der Waals surface area contributed by atoms with E-state index >= 15 is 0 Å². The van der Waals surface area contributed by atoms with E-state index in [1.165, 1.54) is 49.6 Å². The second-order valence-electron chi connectivity index (χ2n) is 22.3. The standard InChI is InChI=1S/2C27H39N5O6SSi/c2*1-20-10-7-14-24(33)30(20)15-18-39(34,35)31(16-19-40(4,5)6)27-29-28-26(23-13-9-17-38-23)32(27)25-21(36-2)11-8-12-22(25)37-3/h2*8-9,11-13,17,20H,7,10,14-16,18-19H2,1-6H3/t2*20-/m10/s1. The average Bonchev–Trinajstić information content (AvgIpc) is 4.27. The Bertz CT molecular complexity index is 3010. The van der Waals surface area contributed by atoms with Crippen molar-refractivity contribution in [3.05, 3.63) is 73.2 Å². The molecule has 2 aliphatic heterocycles. The van der Waals surface area contributed by atoms with Crippen LogP contribution in [0, 0.1) is 0 Å². The van der Waals surface area contributed by atoms with Crippen LogP contribution < -0.4 is 27.6 Å². The first-order valence-corrected chi connectivity index (χ1v) is 37.6. The summed E-state index contributed by atoms with van der Waals surface area (Å²) < 4.78 is 96.4. The molecule has 2 aromatic carbocycles. The molecular formula is C54H78N10O12S2Si2. The molecule has 0 unspecified atom stereocenters. The van der Waals surface area contributed by atoms with E-state index in [1.54, 1.807) is 79.6 Å². The van der Waals surface area contributed by atoms with Crippen molar-refractivity contribution in [2.75, 3.05) is 74.7 Å². The Labute approximate surface area is 472 Å². The highest BCUT2D eigenvalue weighted by atomic mass is 32.2. The minimum atomic E-state index is -3.94. The molecule has 436 valence electrons. The highest BCUT2D eigenvalue weighted by Gasteiger charge is 2.37. The maximum absolute atomic E-state index is 14.1. The molecule has 0 spiro atoms. The van der Waals surface area contributed by atoms with E-state index in [0.29, 0.717) is 82.5 Å². The number of hydrogen-bond donors (Lipinski definition) is 0. The summed E-state index contributed by atoms with van der Waals surface area (Å²) in [4.78, 5) is 28.5. The topological polar surface area (TPSA) is 240 Å². The Balaban J connectivity index is 0.000000231. The number of carbonyl (C=O) groups is 2. The molecule has 0 bridgehead atoms. The predicted octanol–water partition coefficient (Wildman–Crippen LogP) is 8.84. The molecule has 6 heterocycles. The number of benzene rings is 2. The van der Waals surface area contributed by atoms with Gasteiger partial charge >= 0.3 is 0 Å². The third kappa shape index (κ3) is 14.3. The van der Waals surface area contributed by atoms with Crippen molar-refractivity contribution in [1.82, 2.24) is 39.3 Å². The molecule has 6 aromatic rings. The largest absolute Gasteiger partial charge is 0.494 e. The molecule has 0 saturated carbocycles. The number of ether oxygens (including phenoxy) is 4. The quantitative estimate of drug-likeness (QED) is 0.0514. The van der Waals surface area contributed by atoms with Crippen LogP contribution in [0.5, 0.6) is 23.0 Å². The number of amides is 2. The minimum absolute atomic E-state index is 0.000989. The molecule has 26 heteroatoms. The van der Waals surface area contributed by atoms with Gasteiger partial charge < -0.3 is 37.6 Å². The van der Waals surface area contributed by atoms with E-state index < -0.39 is 36.2 Å². The number of nitrogens with zero attached hydrogens (tertiary/aromatic N) is 10. The third-order valence-electron chi connectivity index (χ3n) is 14.2. The number of rotatable bonds is 24. The lowest BCUT2D eigenvalue weighted by Gasteiger charge is -2.34. The number of likely N-dealkylation sites (tertiary alicyclic amines) is 2. The first kappa shape index (κ1) is 61.0. The molecule has 0 radical (unpaired) electrons. The van der Waals surface area contributed by atoms with Crippen molar-refractivity contribution in [2.24, 2.45) is 0 Å². The van der Waals surface area contributed by atoms with Crippen LogP contribution in [0.25, 0.3) is 34.5 Å². The second kappa shape index (κ2) is 25.9. The van der Waals surface area contributed by atoms with Crippen LogP contribution in [0.3, 0.4) is 0 Å². The van der Waals surface area contributed by atoms with E-state index in [0.717, 1.165) is 25.7 Å². The molecule has 2 aliphatic rings. The van der Waals surface area contributed by atoms with E-state index in [9.17, 15) is 26.4 Å². The van der Waals surface area contributed by atoms with Gasteiger partial charge in [0.1, 0.15) is 34.4 Å². The van der Waals surface area contributed by atoms with Crippen molar-refractivity contribution in [1.29, 1.82) is 0 Å². The number of aromatic nitrogens is 6. The minimum Gasteiger partial charge on any atom is -0.494 e. The Kier molecular flexibility index (Phi) is 19.7. The number of para-hydroxylation sites is 2. The van der Waals surface area contributed by atoms with Gasteiger partial charge in [0.2, 0.25) is 55.4 Å². The smallest absolute Gasteiger partial charge is 0.246 e. The zero-order chi connectivity index (χ0) is 58.2. The van der Waals surface area contributed by atoms with Crippen molar-refractivity contribution in [3.63, 3.8) is 0 Å². The van der Waals surface area contributed by atoms with Gasteiger partial charge in [-0.2, -0.15) is 0 Å². The van der Waals surface area contributed by atoms with E-state index in [-0.39, 0.29) is 73.5 Å². The van der Waals surface area contributed by atoms with Gasteiger partial charge in [-0.15, -0.1) is 20.4 Å². The molecule has 4 aromatic heterocycles. The number of piperidine rings is 2. The number of carbonyl (C=O) groups excluding carboxylic acids is 2. The Morgan fingerprint density at radius 1 is 0.550 bits per heavy atom. The monoisotopic (exact) mass is 1180 g/mol. The molecule has 0 aliphatic carbocycles. The van der Waals surface area contributed by atoms with E-state index in [1.807, 2.05) is 13.8 Å². The van der Waals surface area contributed by atoms with Crippen LogP contribution in [-0.2, 0) is 29.6 Å². The summed E-state index contributed by atoms with van der Waals surface area (Å²) in [5, 5.41) is 17.6. The van der Waals surface area contributed by atoms with Gasteiger partial charge in [0, 0.05) is 67.3 Å². The molecule has 8 rings (SSSR count). The van der Waals surface area contributed by atoms with Crippen LogP contribution in [0.2, 0.25) is 51.4 Å². The fraction of sp³-hybridized carbons (Fsp3) is 0.519. The summed E-state index contributed by atoms with van der Waals surface area (Å²) in [5.41, 5.74) is 0.902. The van der Waals surface area contributed by atoms with Gasteiger partial charge in [-0.3, -0.25) is 18.7 Å². The Morgan fingerprint density at radius 2 is 0.900 bits per heavy atom. The van der Waals surface area contributed by atoms with Gasteiger partial charge in [-0.05, 0) is 100 Å². The van der Waals surface area contributed by atoms with Crippen LogP contribution >= 0.6 is 0 Å². The van der Waals surface area contributed by atoms with E-state index in [4.69, 9.17) is 27.8 Å². The number of sulfonamides is 2. The summed E-state index contributed by atoms with van der Waals surface area (Å²) in [7, 11) is -5.12. The Hall–Kier alpha value is -6.65. The highest BCUT2D eigenvalue weighted by Crippen LogP contribution is 2.41. The maximum Gasteiger partial charge on any atom is 0.246 e. The molecule has 2 amide bonds. The van der Waals surface area contributed by atoms with Crippen molar-refractivity contribution in [2.45, 2.75) is 116 Å². The van der Waals surface area contributed by atoms with Crippen LogP contribution in [-0.4, -0.2) is 162 Å². The van der Waals surface area contributed by atoms with Crippen LogP contribution in [0.15, 0.2) is 82.0 Å². The number of methoxy groups -OCH3 is 4. The average molecular weight is 1180 g/mol. The van der Waals surface area contributed by atoms with E-state index in [2.05, 4.69) is 59.7 Å². The van der Waals surface area contributed by atoms with Gasteiger partial charge in [0.25, 0.3) is 0 Å².